The first-order chi connectivity index (χ1) is 7.16. The van der Waals surface area contributed by atoms with Gasteiger partial charge in [0.25, 0.3) is 0 Å². The molecule has 0 radical (unpaired) electrons. The lowest BCUT2D eigenvalue weighted by Crippen LogP contribution is -2.34. The standard InChI is InChI=1S/C11H17N3O/c1-9(2)14-8-5-11(12-14)13-6-3-10(15)4-7-13/h5,8-9H,3-4,6-7H2,1-2H3. The van der Waals surface area contributed by atoms with E-state index >= 15 is 0 Å². The van der Waals surface area contributed by atoms with E-state index in [1.165, 1.54) is 0 Å². The number of aromatic nitrogens is 2. The minimum absolute atomic E-state index is 0.370. The fourth-order valence-corrected chi connectivity index (χ4v) is 1.77. The van der Waals surface area contributed by atoms with Crippen LogP contribution in [0.2, 0.25) is 0 Å². The second-order valence-corrected chi connectivity index (χ2v) is 4.27. The SMILES string of the molecule is CC(C)n1ccc(N2CCC(=O)CC2)n1. The molecule has 0 bridgehead atoms. The van der Waals surface area contributed by atoms with Crippen molar-refractivity contribution in [3.63, 3.8) is 0 Å². The lowest BCUT2D eigenvalue weighted by Gasteiger charge is -2.25. The van der Waals surface area contributed by atoms with Crippen molar-refractivity contribution in [1.82, 2.24) is 9.78 Å². The molecule has 1 aliphatic rings. The van der Waals surface area contributed by atoms with Gasteiger partial charge in [0.1, 0.15) is 5.78 Å². The molecule has 4 nitrogen and oxygen atoms in total. The summed E-state index contributed by atoms with van der Waals surface area (Å²) < 4.78 is 1.95. The number of piperidine rings is 1. The van der Waals surface area contributed by atoms with E-state index in [9.17, 15) is 4.79 Å². The molecule has 0 aromatic carbocycles. The highest BCUT2D eigenvalue weighted by atomic mass is 16.1. The van der Waals surface area contributed by atoms with Crippen molar-refractivity contribution >= 4 is 11.6 Å². The molecule has 0 unspecified atom stereocenters. The first kappa shape index (κ1) is 10.2. The molecular formula is C11H17N3O. The quantitative estimate of drug-likeness (QED) is 0.739. The maximum absolute atomic E-state index is 11.1. The molecule has 0 spiro atoms. The van der Waals surface area contributed by atoms with Crippen LogP contribution in [0.5, 0.6) is 0 Å². The van der Waals surface area contributed by atoms with Crippen LogP contribution in [0.25, 0.3) is 0 Å². The number of anilines is 1. The predicted molar refractivity (Wildman–Crippen MR) is 59.1 cm³/mol. The van der Waals surface area contributed by atoms with Crippen LogP contribution in [0.4, 0.5) is 5.82 Å². The first-order valence-electron chi connectivity index (χ1n) is 5.48. The van der Waals surface area contributed by atoms with Gasteiger partial charge in [0, 0.05) is 44.2 Å². The van der Waals surface area contributed by atoms with Gasteiger partial charge >= 0.3 is 0 Å². The Bertz CT molecular complexity index is 346. The Hall–Kier alpha value is -1.32. The topological polar surface area (TPSA) is 38.1 Å². The van der Waals surface area contributed by atoms with Crippen molar-refractivity contribution < 1.29 is 4.79 Å². The van der Waals surface area contributed by atoms with Crippen LogP contribution >= 0.6 is 0 Å². The van der Waals surface area contributed by atoms with Gasteiger partial charge in [0.2, 0.25) is 0 Å². The van der Waals surface area contributed by atoms with Crippen LogP contribution in [0.15, 0.2) is 12.3 Å². The molecule has 0 saturated carbocycles. The molecule has 0 atom stereocenters. The molecule has 0 amide bonds. The summed E-state index contributed by atoms with van der Waals surface area (Å²) in [5, 5.41) is 4.49. The number of rotatable bonds is 2. The van der Waals surface area contributed by atoms with E-state index in [0.717, 1.165) is 18.9 Å². The van der Waals surface area contributed by atoms with Gasteiger partial charge < -0.3 is 4.90 Å². The summed E-state index contributed by atoms with van der Waals surface area (Å²) >= 11 is 0. The monoisotopic (exact) mass is 207 g/mol. The second-order valence-electron chi connectivity index (χ2n) is 4.27. The lowest BCUT2D eigenvalue weighted by molar-refractivity contribution is -0.119. The van der Waals surface area contributed by atoms with Crippen LogP contribution in [0.1, 0.15) is 32.7 Å². The summed E-state index contributed by atoms with van der Waals surface area (Å²) in [6.45, 7) is 5.84. The molecule has 1 fully saturated rings. The molecule has 82 valence electrons. The molecule has 15 heavy (non-hydrogen) atoms. The summed E-state index contributed by atoms with van der Waals surface area (Å²) in [6.07, 6.45) is 3.32. The highest BCUT2D eigenvalue weighted by Gasteiger charge is 2.18. The van der Waals surface area contributed by atoms with Gasteiger partial charge in [-0.2, -0.15) is 5.10 Å². The number of hydrogen-bond donors (Lipinski definition) is 0. The molecule has 4 heteroatoms. The van der Waals surface area contributed by atoms with Gasteiger partial charge in [-0.25, -0.2) is 0 Å². The van der Waals surface area contributed by atoms with Crippen molar-refractivity contribution in [3.8, 4) is 0 Å². The Kier molecular flexibility index (Phi) is 2.75. The molecule has 1 aromatic heterocycles. The van der Waals surface area contributed by atoms with Crippen LogP contribution in [0.3, 0.4) is 0 Å². The van der Waals surface area contributed by atoms with Crippen molar-refractivity contribution in [3.05, 3.63) is 12.3 Å². The zero-order valence-corrected chi connectivity index (χ0v) is 9.31. The van der Waals surface area contributed by atoms with Crippen LogP contribution in [-0.4, -0.2) is 28.7 Å². The van der Waals surface area contributed by atoms with Crippen LogP contribution in [-0.2, 0) is 4.79 Å². The fraction of sp³-hybridized carbons (Fsp3) is 0.636. The van der Waals surface area contributed by atoms with E-state index in [-0.39, 0.29) is 0 Å². The molecule has 2 rings (SSSR count). The largest absolute Gasteiger partial charge is 0.354 e. The van der Waals surface area contributed by atoms with Crippen molar-refractivity contribution in [1.29, 1.82) is 0 Å². The highest BCUT2D eigenvalue weighted by Crippen LogP contribution is 2.17. The van der Waals surface area contributed by atoms with Gasteiger partial charge in [0.15, 0.2) is 5.82 Å². The number of carbonyl (C=O) groups excluding carboxylic acids is 1. The van der Waals surface area contributed by atoms with E-state index in [4.69, 9.17) is 0 Å². The maximum atomic E-state index is 11.1. The van der Waals surface area contributed by atoms with Crippen molar-refractivity contribution in [2.75, 3.05) is 18.0 Å². The van der Waals surface area contributed by atoms with E-state index < -0.39 is 0 Å². The Labute approximate surface area is 89.9 Å². The number of hydrogen-bond acceptors (Lipinski definition) is 3. The Balaban J connectivity index is 2.06. The molecular weight excluding hydrogens is 190 g/mol. The van der Waals surface area contributed by atoms with Crippen LogP contribution < -0.4 is 4.90 Å². The smallest absolute Gasteiger partial charge is 0.150 e. The summed E-state index contributed by atoms with van der Waals surface area (Å²) in [4.78, 5) is 13.3. The van der Waals surface area contributed by atoms with Crippen molar-refractivity contribution in [2.24, 2.45) is 0 Å². The number of Topliss-reactive ketones (excluding diaryl/α,β-unsaturated/α-hetero) is 1. The molecule has 0 aliphatic carbocycles. The molecule has 0 N–H and O–H groups in total. The molecule has 2 heterocycles. The number of ketones is 1. The highest BCUT2D eigenvalue weighted by molar-refractivity contribution is 5.80. The summed E-state index contributed by atoms with van der Waals surface area (Å²) in [5.74, 6) is 1.37. The summed E-state index contributed by atoms with van der Waals surface area (Å²) in [5.41, 5.74) is 0. The van der Waals surface area contributed by atoms with Gasteiger partial charge in [-0.1, -0.05) is 0 Å². The third kappa shape index (κ3) is 2.19. The summed E-state index contributed by atoms with van der Waals surface area (Å²) in [6, 6.07) is 2.42. The fourth-order valence-electron chi connectivity index (χ4n) is 1.77. The Morgan fingerprint density at radius 3 is 2.53 bits per heavy atom. The minimum Gasteiger partial charge on any atom is -0.354 e. The van der Waals surface area contributed by atoms with E-state index in [2.05, 4.69) is 23.8 Å². The van der Waals surface area contributed by atoms with E-state index in [0.29, 0.717) is 24.7 Å². The molecule has 1 aromatic rings. The number of nitrogens with zero attached hydrogens (tertiary/aromatic N) is 3. The van der Waals surface area contributed by atoms with E-state index in [1.807, 2.05) is 16.9 Å². The third-order valence-corrected chi connectivity index (χ3v) is 2.77. The lowest BCUT2D eigenvalue weighted by atomic mass is 10.1. The van der Waals surface area contributed by atoms with Crippen molar-refractivity contribution in [2.45, 2.75) is 32.7 Å². The normalized spacial score (nSPS) is 17.5. The van der Waals surface area contributed by atoms with Gasteiger partial charge in [0.05, 0.1) is 0 Å². The average Bonchev–Trinajstić information content (AvgIpc) is 2.68. The van der Waals surface area contributed by atoms with Crippen LogP contribution in [0, 0.1) is 0 Å². The molecule has 1 saturated heterocycles. The van der Waals surface area contributed by atoms with E-state index in [1.54, 1.807) is 0 Å². The van der Waals surface area contributed by atoms with Gasteiger partial charge in [-0.3, -0.25) is 9.48 Å². The van der Waals surface area contributed by atoms with Gasteiger partial charge in [-0.15, -0.1) is 0 Å². The minimum atomic E-state index is 0.370. The Morgan fingerprint density at radius 1 is 1.33 bits per heavy atom. The van der Waals surface area contributed by atoms with Gasteiger partial charge in [-0.05, 0) is 13.8 Å². The zero-order chi connectivity index (χ0) is 10.8. The number of carbonyl (C=O) groups is 1. The average molecular weight is 207 g/mol. The first-order valence-corrected chi connectivity index (χ1v) is 5.48. The second kappa shape index (κ2) is 4.04. The zero-order valence-electron chi connectivity index (χ0n) is 9.31. The Morgan fingerprint density at radius 2 is 2.00 bits per heavy atom. The predicted octanol–water partition coefficient (Wildman–Crippen LogP) is 1.63. The summed E-state index contributed by atoms with van der Waals surface area (Å²) in [7, 11) is 0. The maximum Gasteiger partial charge on any atom is 0.150 e. The molecule has 1 aliphatic heterocycles. The third-order valence-electron chi connectivity index (χ3n) is 2.77.